The quantitative estimate of drug-likeness (QED) is 0.895. The van der Waals surface area contributed by atoms with E-state index in [1.807, 2.05) is 4.90 Å². The van der Waals surface area contributed by atoms with Gasteiger partial charge in [-0.2, -0.15) is 0 Å². The second-order valence-electron chi connectivity index (χ2n) is 7.57. The van der Waals surface area contributed by atoms with Gasteiger partial charge in [-0.3, -0.25) is 14.5 Å². The molecule has 0 unspecified atom stereocenters. The van der Waals surface area contributed by atoms with Crippen LogP contribution < -0.4 is 5.32 Å². The van der Waals surface area contributed by atoms with E-state index >= 15 is 0 Å². The summed E-state index contributed by atoms with van der Waals surface area (Å²) in [7, 11) is 0. The number of carbonyl (C=O) groups is 2. The van der Waals surface area contributed by atoms with Gasteiger partial charge in [-0.05, 0) is 56.8 Å². The van der Waals surface area contributed by atoms with E-state index < -0.39 is 5.82 Å². The van der Waals surface area contributed by atoms with Crippen molar-refractivity contribution in [1.82, 2.24) is 15.1 Å². The summed E-state index contributed by atoms with van der Waals surface area (Å²) in [4.78, 5) is 28.8. The minimum absolute atomic E-state index is 0.0120. The van der Waals surface area contributed by atoms with E-state index in [2.05, 4.69) is 17.1 Å². The van der Waals surface area contributed by atoms with Crippen LogP contribution >= 0.6 is 0 Å². The van der Waals surface area contributed by atoms with Crippen LogP contribution in [0.15, 0.2) is 24.3 Å². The molecule has 0 aliphatic carbocycles. The van der Waals surface area contributed by atoms with Crippen LogP contribution in [0.5, 0.6) is 0 Å². The van der Waals surface area contributed by atoms with Crippen molar-refractivity contribution >= 4 is 11.8 Å². The summed E-state index contributed by atoms with van der Waals surface area (Å²) in [5.41, 5.74) is 0.0744. The third-order valence-corrected chi connectivity index (χ3v) is 5.54. The highest BCUT2D eigenvalue weighted by atomic mass is 19.1. The number of amides is 2. The number of nitrogens with zero attached hydrogens (tertiary/aromatic N) is 2. The van der Waals surface area contributed by atoms with Crippen LogP contribution in [-0.4, -0.2) is 60.4 Å². The molecule has 5 nitrogen and oxygen atoms in total. The highest BCUT2D eigenvalue weighted by molar-refractivity contribution is 5.94. The third-order valence-electron chi connectivity index (χ3n) is 5.54. The van der Waals surface area contributed by atoms with Crippen molar-refractivity contribution in [2.24, 2.45) is 5.92 Å². The van der Waals surface area contributed by atoms with E-state index in [1.54, 1.807) is 12.1 Å². The maximum atomic E-state index is 13.7. The summed E-state index contributed by atoms with van der Waals surface area (Å²) in [6.45, 7) is 6.05. The molecule has 2 aliphatic heterocycles. The number of benzene rings is 1. The van der Waals surface area contributed by atoms with Crippen molar-refractivity contribution in [2.45, 2.75) is 38.6 Å². The molecule has 1 N–H and O–H groups in total. The van der Waals surface area contributed by atoms with Crippen molar-refractivity contribution in [3.8, 4) is 0 Å². The Labute approximate surface area is 154 Å². The van der Waals surface area contributed by atoms with Crippen LogP contribution in [0.3, 0.4) is 0 Å². The highest BCUT2D eigenvalue weighted by Gasteiger charge is 2.26. The molecule has 142 valence electrons. The SMILES string of the molecule is CC1CCN(CC(=O)N2CCC(NC(=O)c3ccccc3F)CC2)CC1. The van der Waals surface area contributed by atoms with Crippen LogP contribution in [0.4, 0.5) is 4.39 Å². The molecule has 1 aromatic carbocycles. The van der Waals surface area contributed by atoms with Crippen molar-refractivity contribution in [2.75, 3.05) is 32.7 Å². The van der Waals surface area contributed by atoms with Gasteiger partial charge in [-0.15, -0.1) is 0 Å². The molecule has 0 radical (unpaired) electrons. The van der Waals surface area contributed by atoms with Gasteiger partial charge in [0.1, 0.15) is 5.82 Å². The Morgan fingerprint density at radius 2 is 1.73 bits per heavy atom. The normalized spacial score (nSPS) is 20.2. The Morgan fingerprint density at radius 3 is 2.38 bits per heavy atom. The van der Waals surface area contributed by atoms with Crippen molar-refractivity contribution < 1.29 is 14.0 Å². The molecule has 0 aromatic heterocycles. The fourth-order valence-electron chi connectivity index (χ4n) is 3.69. The standard InChI is InChI=1S/C20H28FN3O2/c1-15-6-10-23(11-7-15)14-19(25)24-12-8-16(9-13-24)22-20(26)17-4-2-3-5-18(17)21/h2-5,15-16H,6-14H2,1H3,(H,22,26). The van der Waals surface area contributed by atoms with E-state index in [1.165, 1.54) is 12.1 Å². The fourth-order valence-corrected chi connectivity index (χ4v) is 3.69. The summed E-state index contributed by atoms with van der Waals surface area (Å²) >= 11 is 0. The summed E-state index contributed by atoms with van der Waals surface area (Å²) in [6, 6.07) is 5.99. The molecule has 26 heavy (non-hydrogen) atoms. The first-order valence-electron chi connectivity index (χ1n) is 9.58. The molecule has 0 atom stereocenters. The van der Waals surface area contributed by atoms with Crippen LogP contribution in [0, 0.1) is 11.7 Å². The number of piperidine rings is 2. The second kappa shape index (κ2) is 8.62. The van der Waals surface area contributed by atoms with Crippen LogP contribution in [0.25, 0.3) is 0 Å². The number of likely N-dealkylation sites (tertiary alicyclic amines) is 2. The third kappa shape index (κ3) is 4.81. The van der Waals surface area contributed by atoms with Crippen LogP contribution in [0.2, 0.25) is 0 Å². The van der Waals surface area contributed by atoms with Gasteiger partial charge >= 0.3 is 0 Å². The number of rotatable bonds is 4. The van der Waals surface area contributed by atoms with Gasteiger partial charge in [-0.25, -0.2) is 4.39 Å². The lowest BCUT2D eigenvalue weighted by Gasteiger charge is -2.35. The molecule has 0 spiro atoms. The monoisotopic (exact) mass is 361 g/mol. The van der Waals surface area contributed by atoms with E-state index in [-0.39, 0.29) is 23.4 Å². The molecule has 2 saturated heterocycles. The number of carbonyl (C=O) groups excluding carboxylic acids is 2. The lowest BCUT2D eigenvalue weighted by atomic mass is 9.99. The summed E-state index contributed by atoms with van der Waals surface area (Å²) in [6.07, 6.45) is 3.75. The van der Waals surface area contributed by atoms with Crippen molar-refractivity contribution in [3.05, 3.63) is 35.6 Å². The highest BCUT2D eigenvalue weighted by Crippen LogP contribution is 2.17. The maximum absolute atomic E-state index is 13.7. The Morgan fingerprint density at radius 1 is 1.08 bits per heavy atom. The van der Waals surface area contributed by atoms with Gasteiger partial charge in [-0.1, -0.05) is 19.1 Å². The molecule has 2 amide bonds. The van der Waals surface area contributed by atoms with Gasteiger partial charge in [0.05, 0.1) is 12.1 Å². The lowest BCUT2D eigenvalue weighted by Crippen LogP contribution is -2.49. The molecule has 6 heteroatoms. The number of halogens is 1. The minimum Gasteiger partial charge on any atom is -0.349 e. The zero-order valence-electron chi connectivity index (χ0n) is 15.4. The van der Waals surface area contributed by atoms with Gasteiger partial charge < -0.3 is 10.2 Å². The average molecular weight is 361 g/mol. The zero-order valence-corrected chi connectivity index (χ0v) is 15.4. The molecule has 2 heterocycles. The minimum atomic E-state index is -0.506. The maximum Gasteiger partial charge on any atom is 0.254 e. The van der Waals surface area contributed by atoms with E-state index in [9.17, 15) is 14.0 Å². The fraction of sp³-hybridized carbons (Fsp3) is 0.600. The first kappa shape index (κ1) is 18.8. The predicted octanol–water partition coefficient (Wildman–Crippen LogP) is 2.28. The van der Waals surface area contributed by atoms with Crippen LogP contribution in [0.1, 0.15) is 43.0 Å². The molecule has 1 aromatic rings. The molecular weight excluding hydrogens is 333 g/mol. The van der Waals surface area contributed by atoms with Gasteiger partial charge in [0.15, 0.2) is 0 Å². The summed E-state index contributed by atoms with van der Waals surface area (Å²) in [5.74, 6) is 0.0531. The molecule has 2 fully saturated rings. The number of hydrogen-bond donors (Lipinski definition) is 1. The van der Waals surface area contributed by atoms with Gasteiger partial charge in [0.2, 0.25) is 5.91 Å². The topological polar surface area (TPSA) is 52.7 Å². The van der Waals surface area contributed by atoms with Crippen molar-refractivity contribution in [1.29, 1.82) is 0 Å². The lowest BCUT2D eigenvalue weighted by molar-refractivity contribution is -0.133. The van der Waals surface area contributed by atoms with Crippen molar-refractivity contribution in [3.63, 3.8) is 0 Å². The molecule has 0 bridgehead atoms. The second-order valence-corrected chi connectivity index (χ2v) is 7.57. The summed E-state index contributed by atoms with van der Waals surface area (Å²) < 4.78 is 13.7. The van der Waals surface area contributed by atoms with E-state index in [0.29, 0.717) is 32.5 Å². The predicted molar refractivity (Wildman–Crippen MR) is 98.3 cm³/mol. The molecule has 0 saturated carbocycles. The Kier molecular flexibility index (Phi) is 6.25. The first-order valence-corrected chi connectivity index (χ1v) is 9.58. The number of hydrogen-bond acceptors (Lipinski definition) is 3. The first-order chi connectivity index (χ1) is 12.5. The number of nitrogens with one attached hydrogen (secondary N) is 1. The van der Waals surface area contributed by atoms with Crippen LogP contribution in [-0.2, 0) is 4.79 Å². The van der Waals surface area contributed by atoms with Gasteiger partial charge in [0.25, 0.3) is 5.91 Å². The van der Waals surface area contributed by atoms with E-state index in [0.717, 1.165) is 31.8 Å². The van der Waals surface area contributed by atoms with E-state index in [4.69, 9.17) is 0 Å². The molecule has 2 aliphatic rings. The smallest absolute Gasteiger partial charge is 0.254 e. The molecular formula is C20H28FN3O2. The average Bonchev–Trinajstić information content (AvgIpc) is 2.64. The van der Waals surface area contributed by atoms with Gasteiger partial charge in [0, 0.05) is 19.1 Å². The summed E-state index contributed by atoms with van der Waals surface area (Å²) in [5, 5.41) is 2.89. The Balaban J connectivity index is 1.43. The molecule has 3 rings (SSSR count). The Hall–Kier alpha value is -1.95. The Bertz CT molecular complexity index is 636. The zero-order chi connectivity index (χ0) is 18.5. The largest absolute Gasteiger partial charge is 0.349 e.